The zero-order valence-electron chi connectivity index (χ0n) is 12.4. The number of amides is 1. The van der Waals surface area contributed by atoms with Crippen LogP contribution >= 0.6 is 0 Å². The van der Waals surface area contributed by atoms with Gasteiger partial charge in [-0.25, -0.2) is 9.78 Å². The molecule has 6 nitrogen and oxygen atoms in total. The molecule has 2 rings (SSSR count). The second kappa shape index (κ2) is 5.56. The van der Waals surface area contributed by atoms with Gasteiger partial charge in [0.1, 0.15) is 12.2 Å². The molecule has 0 aliphatic carbocycles. The van der Waals surface area contributed by atoms with E-state index in [1.807, 2.05) is 27.7 Å². The summed E-state index contributed by atoms with van der Waals surface area (Å²) in [5.74, 6) is 1.25. The molecule has 1 aromatic heterocycles. The van der Waals surface area contributed by atoms with Gasteiger partial charge in [0.15, 0.2) is 11.6 Å². The van der Waals surface area contributed by atoms with Crippen molar-refractivity contribution in [2.45, 2.75) is 33.3 Å². The number of pyridine rings is 1. The average molecular weight is 279 g/mol. The minimum absolute atomic E-state index is 0.365. The zero-order valence-corrected chi connectivity index (χ0v) is 12.4. The third-order valence-corrected chi connectivity index (χ3v) is 2.69. The lowest BCUT2D eigenvalue weighted by Crippen LogP contribution is -2.41. The number of carbonyl (C=O) groups is 1. The van der Waals surface area contributed by atoms with Crippen LogP contribution in [0.5, 0.6) is 5.75 Å². The molecule has 2 heterocycles. The first kappa shape index (κ1) is 14.4. The Kier molecular flexibility index (Phi) is 4.01. The van der Waals surface area contributed by atoms with E-state index in [9.17, 15) is 4.79 Å². The average Bonchev–Trinajstić information content (AvgIpc) is 2.37. The van der Waals surface area contributed by atoms with E-state index in [4.69, 9.17) is 9.47 Å². The first-order chi connectivity index (χ1) is 9.42. The van der Waals surface area contributed by atoms with Crippen LogP contribution < -0.4 is 15.0 Å². The molecule has 0 unspecified atom stereocenters. The standard InChI is InChI=1S/C14H21N3O3/c1-5-15-12-11-10(6-7-16-12)17(8-9-19-11)13(18)20-14(2,3)4/h6-7H,5,8-9H2,1-4H3,(H,15,16). The van der Waals surface area contributed by atoms with Crippen LogP contribution in [0.25, 0.3) is 0 Å². The SMILES string of the molecule is CCNc1nccc2c1OCCN2C(=O)OC(C)(C)C. The molecule has 1 aliphatic rings. The van der Waals surface area contributed by atoms with Crippen molar-refractivity contribution in [3.05, 3.63) is 12.3 Å². The molecule has 0 radical (unpaired) electrons. The second-order valence-corrected chi connectivity index (χ2v) is 5.52. The zero-order chi connectivity index (χ0) is 14.8. The quantitative estimate of drug-likeness (QED) is 0.901. The van der Waals surface area contributed by atoms with E-state index in [1.165, 1.54) is 0 Å². The fourth-order valence-electron chi connectivity index (χ4n) is 1.95. The maximum Gasteiger partial charge on any atom is 0.415 e. The van der Waals surface area contributed by atoms with Gasteiger partial charge in [-0.3, -0.25) is 4.90 Å². The Bertz CT molecular complexity index is 497. The molecule has 20 heavy (non-hydrogen) atoms. The molecule has 0 saturated heterocycles. The number of anilines is 2. The lowest BCUT2D eigenvalue weighted by atomic mass is 10.2. The van der Waals surface area contributed by atoms with E-state index in [1.54, 1.807) is 17.2 Å². The summed E-state index contributed by atoms with van der Waals surface area (Å²) in [5, 5.41) is 3.13. The predicted octanol–water partition coefficient (Wildman–Crippen LogP) is 2.65. The highest BCUT2D eigenvalue weighted by Crippen LogP contribution is 2.37. The van der Waals surface area contributed by atoms with Crippen molar-refractivity contribution in [2.75, 3.05) is 29.9 Å². The first-order valence-corrected chi connectivity index (χ1v) is 6.78. The van der Waals surface area contributed by atoms with E-state index in [2.05, 4.69) is 10.3 Å². The van der Waals surface area contributed by atoms with Gasteiger partial charge in [0.25, 0.3) is 0 Å². The highest BCUT2D eigenvalue weighted by atomic mass is 16.6. The van der Waals surface area contributed by atoms with Crippen molar-refractivity contribution < 1.29 is 14.3 Å². The van der Waals surface area contributed by atoms with Crippen molar-refractivity contribution in [1.29, 1.82) is 0 Å². The Balaban J connectivity index is 2.28. The van der Waals surface area contributed by atoms with E-state index in [0.29, 0.717) is 30.4 Å². The Hall–Kier alpha value is -1.98. The molecule has 0 fully saturated rings. The van der Waals surface area contributed by atoms with Gasteiger partial charge in [0.05, 0.1) is 12.2 Å². The normalized spacial score (nSPS) is 14.3. The second-order valence-electron chi connectivity index (χ2n) is 5.52. The lowest BCUT2D eigenvalue weighted by molar-refractivity contribution is 0.0568. The number of nitrogens with zero attached hydrogens (tertiary/aromatic N) is 2. The van der Waals surface area contributed by atoms with Gasteiger partial charge in [-0.15, -0.1) is 0 Å². The van der Waals surface area contributed by atoms with Crippen molar-refractivity contribution in [3.8, 4) is 5.75 Å². The van der Waals surface area contributed by atoms with Crippen molar-refractivity contribution in [1.82, 2.24) is 4.98 Å². The van der Waals surface area contributed by atoms with Gasteiger partial charge in [0.2, 0.25) is 0 Å². The van der Waals surface area contributed by atoms with Crippen LogP contribution in [0.2, 0.25) is 0 Å². The summed E-state index contributed by atoms with van der Waals surface area (Å²) in [6.07, 6.45) is 1.29. The van der Waals surface area contributed by atoms with Crippen LogP contribution in [0.1, 0.15) is 27.7 Å². The summed E-state index contributed by atoms with van der Waals surface area (Å²) < 4.78 is 11.1. The van der Waals surface area contributed by atoms with Crippen LogP contribution in [-0.2, 0) is 4.74 Å². The Morgan fingerprint density at radius 1 is 1.55 bits per heavy atom. The van der Waals surface area contributed by atoms with Crippen molar-refractivity contribution >= 4 is 17.6 Å². The number of aromatic nitrogens is 1. The first-order valence-electron chi connectivity index (χ1n) is 6.78. The summed E-state index contributed by atoms with van der Waals surface area (Å²) in [7, 11) is 0. The molecular formula is C14H21N3O3. The molecule has 1 amide bonds. The molecule has 6 heteroatoms. The smallest absolute Gasteiger partial charge is 0.415 e. The highest BCUT2D eigenvalue weighted by molar-refractivity contribution is 5.91. The lowest BCUT2D eigenvalue weighted by Gasteiger charge is -2.32. The predicted molar refractivity (Wildman–Crippen MR) is 77.5 cm³/mol. The van der Waals surface area contributed by atoms with Gasteiger partial charge in [-0.1, -0.05) is 0 Å². The van der Waals surface area contributed by atoms with Crippen LogP contribution in [0, 0.1) is 0 Å². The Morgan fingerprint density at radius 2 is 2.30 bits per heavy atom. The number of rotatable bonds is 2. The van der Waals surface area contributed by atoms with Crippen LogP contribution in [0.4, 0.5) is 16.3 Å². The van der Waals surface area contributed by atoms with Crippen LogP contribution in [0.3, 0.4) is 0 Å². The van der Waals surface area contributed by atoms with Crippen molar-refractivity contribution in [2.24, 2.45) is 0 Å². The van der Waals surface area contributed by atoms with Gasteiger partial charge < -0.3 is 14.8 Å². The number of nitrogens with one attached hydrogen (secondary N) is 1. The molecule has 0 saturated carbocycles. The molecular weight excluding hydrogens is 258 g/mol. The molecule has 110 valence electrons. The van der Waals surface area contributed by atoms with E-state index < -0.39 is 5.60 Å². The number of fused-ring (bicyclic) bond motifs is 1. The van der Waals surface area contributed by atoms with Gasteiger partial charge >= 0.3 is 6.09 Å². The van der Waals surface area contributed by atoms with Crippen LogP contribution in [0.15, 0.2) is 12.3 Å². The minimum atomic E-state index is -0.521. The molecule has 1 aromatic rings. The highest BCUT2D eigenvalue weighted by Gasteiger charge is 2.29. The summed E-state index contributed by atoms with van der Waals surface area (Å²) >= 11 is 0. The third kappa shape index (κ3) is 3.12. The topological polar surface area (TPSA) is 63.7 Å². The van der Waals surface area contributed by atoms with Crippen LogP contribution in [-0.4, -0.2) is 36.4 Å². The summed E-state index contributed by atoms with van der Waals surface area (Å²) in [6.45, 7) is 9.16. The molecule has 1 N–H and O–H groups in total. The van der Waals surface area contributed by atoms with E-state index in [0.717, 1.165) is 6.54 Å². The monoisotopic (exact) mass is 279 g/mol. The Morgan fingerprint density at radius 3 is 2.95 bits per heavy atom. The number of ether oxygens (including phenoxy) is 2. The van der Waals surface area contributed by atoms with Gasteiger partial charge in [0, 0.05) is 12.7 Å². The number of carbonyl (C=O) groups excluding carboxylic acids is 1. The third-order valence-electron chi connectivity index (χ3n) is 2.69. The Labute approximate surface area is 119 Å². The molecule has 0 spiro atoms. The van der Waals surface area contributed by atoms with Crippen molar-refractivity contribution in [3.63, 3.8) is 0 Å². The molecule has 0 aromatic carbocycles. The fourth-order valence-corrected chi connectivity index (χ4v) is 1.95. The molecule has 0 bridgehead atoms. The maximum absolute atomic E-state index is 12.3. The summed E-state index contributed by atoms with van der Waals surface area (Å²) in [5.41, 5.74) is 0.170. The van der Waals surface area contributed by atoms with Gasteiger partial charge in [-0.05, 0) is 33.8 Å². The molecule has 0 atom stereocenters. The largest absolute Gasteiger partial charge is 0.486 e. The summed E-state index contributed by atoms with van der Waals surface area (Å²) in [4.78, 5) is 18.1. The van der Waals surface area contributed by atoms with E-state index in [-0.39, 0.29) is 6.09 Å². The summed E-state index contributed by atoms with van der Waals surface area (Å²) in [6, 6.07) is 1.76. The van der Waals surface area contributed by atoms with Gasteiger partial charge in [-0.2, -0.15) is 0 Å². The number of hydrogen-bond donors (Lipinski definition) is 1. The number of hydrogen-bond acceptors (Lipinski definition) is 5. The molecule has 1 aliphatic heterocycles. The fraction of sp³-hybridized carbons (Fsp3) is 0.571. The minimum Gasteiger partial charge on any atom is -0.486 e. The van der Waals surface area contributed by atoms with E-state index >= 15 is 0 Å². The maximum atomic E-state index is 12.3.